The second-order valence-electron chi connectivity index (χ2n) is 4.89. The summed E-state index contributed by atoms with van der Waals surface area (Å²) in [5, 5.41) is 0. The van der Waals surface area contributed by atoms with Crippen LogP contribution in [0.1, 0.15) is 19.8 Å². The van der Waals surface area contributed by atoms with Crippen molar-refractivity contribution in [2.24, 2.45) is 0 Å². The summed E-state index contributed by atoms with van der Waals surface area (Å²) in [6, 6.07) is 0. The number of ketones is 1. The lowest BCUT2D eigenvalue weighted by Crippen LogP contribution is -2.31. The first-order valence-electron chi connectivity index (χ1n) is 5.19. The highest BCUT2D eigenvalue weighted by Gasteiger charge is 2.32. The summed E-state index contributed by atoms with van der Waals surface area (Å²) in [6.07, 6.45) is 6.14. The van der Waals surface area contributed by atoms with E-state index in [0.717, 1.165) is 11.1 Å². The minimum Gasteiger partial charge on any atom is -0.411 e. The number of Topliss-reactive ketones (excluding diaryl/α,β-unsaturated/α-hetero) is 1. The number of terminal acetylenes is 1. The summed E-state index contributed by atoms with van der Waals surface area (Å²) in [7, 11) is -1.58. The molecule has 0 bridgehead atoms. The van der Waals surface area contributed by atoms with Gasteiger partial charge in [-0.2, -0.15) is 0 Å². The van der Waals surface area contributed by atoms with E-state index in [0.29, 0.717) is 12.8 Å². The Kier molecular flexibility index (Phi) is 3.53. The molecule has 1 rings (SSSR count). The standard InChI is InChI=1S/C12H18O2Si/c1-6-7-10-9(2)12(8-11(10)13)14-15(3,4)5/h1,12H,7-8H2,2-5H3. The molecule has 0 aromatic carbocycles. The zero-order valence-corrected chi connectivity index (χ0v) is 10.9. The normalized spacial score (nSPS) is 22.1. The summed E-state index contributed by atoms with van der Waals surface area (Å²) in [6.45, 7) is 8.35. The monoisotopic (exact) mass is 222 g/mol. The van der Waals surface area contributed by atoms with Crippen molar-refractivity contribution >= 4 is 14.1 Å². The van der Waals surface area contributed by atoms with Crippen molar-refractivity contribution in [3.8, 4) is 12.3 Å². The fourth-order valence-corrected chi connectivity index (χ4v) is 2.87. The van der Waals surface area contributed by atoms with Gasteiger partial charge in [-0.3, -0.25) is 4.79 Å². The first-order valence-corrected chi connectivity index (χ1v) is 8.60. The van der Waals surface area contributed by atoms with Crippen molar-refractivity contribution in [2.75, 3.05) is 0 Å². The zero-order chi connectivity index (χ0) is 11.6. The molecule has 0 aliphatic heterocycles. The van der Waals surface area contributed by atoms with Crippen molar-refractivity contribution in [1.82, 2.24) is 0 Å². The first-order chi connectivity index (χ1) is 6.85. The molecule has 0 aromatic rings. The van der Waals surface area contributed by atoms with E-state index >= 15 is 0 Å². The molecule has 1 aliphatic carbocycles. The van der Waals surface area contributed by atoms with Crippen LogP contribution < -0.4 is 0 Å². The fourth-order valence-electron chi connectivity index (χ4n) is 1.76. The highest BCUT2D eigenvalue weighted by atomic mass is 28.4. The smallest absolute Gasteiger partial charge is 0.184 e. The third-order valence-corrected chi connectivity index (χ3v) is 3.43. The molecule has 0 saturated heterocycles. The second-order valence-corrected chi connectivity index (χ2v) is 9.35. The van der Waals surface area contributed by atoms with Crippen LogP contribution in [0.3, 0.4) is 0 Å². The van der Waals surface area contributed by atoms with Crippen molar-refractivity contribution in [2.45, 2.75) is 45.5 Å². The van der Waals surface area contributed by atoms with Crippen molar-refractivity contribution < 1.29 is 9.22 Å². The predicted molar refractivity (Wildman–Crippen MR) is 64.0 cm³/mol. The second kappa shape index (κ2) is 4.34. The number of allylic oxidation sites excluding steroid dienone is 1. The largest absolute Gasteiger partial charge is 0.411 e. The highest BCUT2D eigenvalue weighted by Crippen LogP contribution is 2.29. The molecule has 2 nitrogen and oxygen atoms in total. The van der Waals surface area contributed by atoms with E-state index in [1.165, 1.54) is 0 Å². The van der Waals surface area contributed by atoms with E-state index in [2.05, 4.69) is 25.6 Å². The van der Waals surface area contributed by atoms with Crippen LogP contribution in [0, 0.1) is 12.3 Å². The molecule has 0 radical (unpaired) electrons. The highest BCUT2D eigenvalue weighted by molar-refractivity contribution is 6.69. The molecule has 0 saturated carbocycles. The maximum atomic E-state index is 11.7. The van der Waals surface area contributed by atoms with Crippen LogP contribution in [0.25, 0.3) is 0 Å². The van der Waals surface area contributed by atoms with Crippen LogP contribution >= 0.6 is 0 Å². The van der Waals surface area contributed by atoms with E-state index in [1.54, 1.807) is 0 Å². The fraction of sp³-hybridized carbons (Fsp3) is 0.583. The quantitative estimate of drug-likeness (QED) is 0.542. The summed E-state index contributed by atoms with van der Waals surface area (Å²) < 4.78 is 5.95. The minimum absolute atomic E-state index is 0.0208. The van der Waals surface area contributed by atoms with Gasteiger partial charge in [0.05, 0.1) is 6.10 Å². The van der Waals surface area contributed by atoms with Gasteiger partial charge >= 0.3 is 0 Å². The Morgan fingerprint density at radius 3 is 2.60 bits per heavy atom. The van der Waals surface area contributed by atoms with E-state index in [9.17, 15) is 4.79 Å². The molecule has 0 fully saturated rings. The molecule has 0 N–H and O–H groups in total. The first kappa shape index (κ1) is 12.2. The third-order valence-electron chi connectivity index (χ3n) is 2.44. The van der Waals surface area contributed by atoms with Crippen LogP contribution in [0.5, 0.6) is 0 Å². The molecule has 1 unspecified atom stereocenters. The van der Waals surface area contributed by atoms with Gasteiger partial charge in [-0.25, -0.2) is 0 Å². The number of hydrogen-bond acceptors (Lipinski definition) is 2. The average Bonchev–Trinajstić information content (AvgIpc) is 2.30. The molecular formula is C12H18O2Si. The Morgan fingerprint density at radius 2 is 2.13 bits per heavy atom. The Labute approximate surface area is 92.8 Å². The lowest BCUT2D eigenvalue weighted by atomic mass is 10.1. The molecule has 0 amide bonds. The van der Waals surface area contributed by atoms with Crippen LogP contribution in [-0.2, 0) is 9.22 Å². The Hall–Kier alpha value is -0.853. The van der Waals surface area contributed by atoms with Crippen LogP contribution in [-0.4, -0.2) is 20.2 Å². The van der Waals surface area contributed by atoms with Crippen molar-refractivity contribution in [3.63, 3.8) is 0 Å². The molecule has 0 spiro atoms. The topological polar surface area (TPSA) is 26.3 Å². The molecule has 3 heteroatoms. The van der Waals surface area contributed by atoms with Crippen LogP contribution in [0.2, 0.25) is 19.6 Å². The van der Waals surface area contributed by atoms with Gasteiger partial charge in [0.15, 0.2) is 14.1 Å². The summed E-state index contributed by atoms with van der Waals surface area (Å²) in [5.74, 6) is 2.69. The Morgan fingerprint density at radius 1 is 1.53 bits per heavy atom. The minimum atomic E-state index is -1.58. The molecule has 82 valence electrons. The molecule has 1 aliphatic rings. The van der Waals surface area contributed by atoms with Gasteiger partial charge in [-0.15, -0.1) is 12.3 Å². The average molecular weight is 222 g/mol. The van der Waals surface area contributed by atoms with Gasteiger partial charge in [0.2, 0.25) is 0 Å². The lowest BCUT2D eigenvalue weighted by molar-refractivity contribution is -0.115. The van der Waals surface area contributed by atoms with Crippen LogP contribution in [0.4, 0.5) is 0 Å². The number of carbonyl (C=O) groups excluding carboxylic acids is 1. The van der Waals surface area contributed by atoms with E-state index in [-0.39, 0.29) is 11.9 Å². The van der Waals surface area contributed by atoms with Gasteiger partial charge in [0.1, 0.15) is 0 Å². The van der Waals surface area contributed by atoms with Crippen LogP contribution in [0.15, 0.2) is 11.1 Å². The van der Waals surface area contributed by atoms with Crippen molar-refractivity contribution in [1.29, 1.82) is 0 Å². The Bertz CT molecular complexity index is 342. The van der Waals surface area contributed by atoms with Crippen molar-refractivity contribution in [3.05, 3.63) is 11.1 Å². The third kappa shape index (κ3) is 3.05. The molecule has 1 atom stereocenters. The molecule has 0 aromatic heterocycles. The summed E-state index contributed by atoms with van der Waals surface area (Å²) in [5.41, 5.74) is 1.83. The summed E-state index contributed by atoms with van der Waals surface area (Å²) in [4.78, 5) is 11.7. The number of carbonyl (C=O) groups is 1. The SMILES string of the molecule is C#CCC1=C(C)C(O[Si](C)(C)C)CC1=O. The van der Waals surface area contributed by atoms with E-state index < -0.39 is 8.32 Å². The molecule has 0 heterocycles. The van der Waals surface area contributed by atoms with Gasteiger partial charge in [0, 0.05) is 18.4 Å². The van der Waals surface area contributed by atoms with Gasteiger partial charge in [-0.1, -0.05) is 0 Å². The lowest BCUT2D eigenvalue weighted by Gasteiger charge is -2.23. The van der Waals surface area contributed by atoms with E-state index in [4.69, 9.17) is 10.8 Å². The van der Waals surface area contributed by atoms with Gasteiger partial charge in [-0.05, 0) is 32.1 Å². The number of rotatable bonds is 3. The molecule has 15 heavy (non-hydrogen) atoms. The predicted octanol–water partition coefficient (Wildman–Crippen LogP) is 2.52. The van der Waals surface area contributed by atoms with E-state index in [1.807, 2.05) is 6.92 Å². The number of hydrogen-bond donors (Lipinski definition) is 0. The maximum Gasteiger partial charge on any atom is 0.184 e. The maximum absolute atomic E-state index is 11.7. The Balaban J connectivity index is 2.82. The summed E-state index contributed by atoms with van der Waals surface area (Å²) >= 11 is 0. The van der Waals surface area contributed by atoms with Gasteiger partial charge in [0.25, 0.3) is 0 Å². The zero-order valence-electron chi connectivity index (χ0n) is 9.89. The van der Waals surface area contributed by atoms with Gasteiger partial charge < -0.3 is 4.43 Å². The molecular weight excluding hydrogens is 204 g/mol.